The summed E-state index contributed by atoms with van der Waals surface area (Å²) in [6.45, 7) is 2.10. The number of carbonyl (C=O) groups excluding carboxylic acids is 1. The van der Waals surface area contributed by atoms with E-state index >= 15 is 0 Å². The zero-order valence-electron chi connectivity index (χ0n) is 10.6. The van der Waals surface area contributed by atoms with Crippen molar-refractivity contribution in [2.24, 2.45) is 0 Å². The average Bonchev–Trinajstić information content (AvgIpc) is 2.38. The Kier molecular flexibility index (Phi) is 4.22. The molecule has 0 aliphatic carbocycles. The van der Waals surface area contributed by atoms with E-state index in [1.165, 1.54) is 5.56 Å². The first-order valence-electron chi connectivity index (χ1n) is 6.05. The van der Waals surface area contributed by atoms with Gasteiger partial charge in [0.25, 0.3) is 5.91 Å². The maximum Gasteiger partial charge on any atom is 0.255 e. The lowest BCUT2D eigenvalue weighted by Crippen LogP contribution is -2.12. The smallest absolute Gasteiger partial charge is 0.255 e. The van der Waals surface area contributed by atoms with Crippen molar-refractivity contribution >= 4 is 33.2 Å². The number of halogens is 1. The van der Waals surface area contributed by atoms with Crippen LogP contribution in [0.25, 0.3) is 0 Å². The van der Waals surface area contributed by atoms with Crippen molar-refractivity contribution in [2.75, 3.05) is 11.1 Å². The minimum absolute atomic E-state index is 0.169. The topological polar surface area (TPSA) is 55.1 Å². The second-order valence-corrected chi connectivity index (χ2v) is 5.19. The number of nitrogens with two attached hydrogens (primary N) is 1. The molecule has 0 atom stereocenters. The van der Waals surface area contributed by atoms with Crippen LogP contribution in [0.15, 0.2) is 46.9 Å². The minimum Gasteiger partial charge on any atom is -0.399 e. The molecule has 3 N–H and O–H groups in total. The lowest BCUT2D eigenvalue weighted by atomic mass is 10.1. The molecule has 1 amide bonds. The molecule has 0 bridgehead atoms. The second-order valence-electron chi connectivity index (χ2n) is 4.28. The first-order chi connectivity index (χ1) is 9.08. The van der Waals surface area contributed by atoms with Crippen LogP contribution in [0.3, 0.4) is 0 Å². The molecule has 2 rings (SSSR count). The van der Waals surface area contributed by atoms with Crippen molar-refractivity contribution in [2.45, 2.75) is 13.3 Å². The third kappa shape index (κ3) is 3.58. The van der Waals surface area contributed by atoms with Crippen LogP contribution < -0.4 is 11.1 Å². The number of rotatable bonds is 3. The zero-order valence-corrected chi connectivity index (χ0v) is 12.2. The Bertz CT molecular complexity index is 573. The highest BCUT2D eigenvalue weighted by molar-refractivity contribution is 9.10. The summed E-state index contributed by atoms with van der Waals surface area (Å²) < 4.78 is 0.791. The highest BCUT2D eigenvalue weighted by Crippen LogP contribution is 2.19. The van der Waals surface area contributed by atoms with Gasteiger partial charge in [0.05, 0.1) is 0 Å². The quantitative estimate of drug-likeness (QED) is 0.845. The fourth-order valence-corrected chi connectivity index (χ4v) is 2.28. The Hall–Kier alpha value is -1.81. The van der Waals surface area contributed by atoms with E-state index in [4.69, 9.17) is 5.73 Å². The van der Waals surface area contributed by atoms with Gasteiger partial charge < -0.3 is 11.1 Å². The van der Waals surface area contributed by atoms with Crippen LogP contribution in [-0.2, 0) is 6.42 Å². The fourth-order valence-electron chi connectivity index (χ4n) is 1.77. The predicted molar refractivity (Wildman–Crippen MR) is 82.3 cm³/mol. The lowest BCUT2D eigenvalue weighted by molar-refractivity contribution is 0.102. The van der Waals surface area contributed by atoms with Gasteiger partial charge in [0, 0.05) is 21.4 Å². The van der Waals surface area contributed by atoms with Crippen molar-refractivity contribution in [3.05, 3.63) is 58.1 Å². The molecule has 0 saturated heterocycles. The van der Waals surface area contributed by atoms with Gasteiger partial charge in [-0.1, -0.05) is 35.0 Å². The van der Waals surface area contributed by atoms with Gasteiger partial charge in [-0.05, 0) is 42.3 Å². The predicted octanol–water partition coefficient (Wildman–Crippen LogP) is 3.85. The van der Waals surface area contributed by atoms with Gasteiger partial charge in [0.1, 0.15) is 0 Å². The molecule has 0 spiro atoms. The largest absolute Gasteiger partial charge is 0.399 e. The Labute approximate surface area is 121 Å². The summed E-state index contributed by atoms with van der Waals surface area (Å²) >= 11 is 3.33. The number of carbonyl (C=O) groups is 1. The molecule has 0 fully saturated rings. The third-order valence-corrected chi connectivity index (χ3v) is 3.26. The van der Waals surface area contributed by atoms with E-state index in [2.05, 4.69) is 28.2 Å². The SMILES string of the molecule is CCc1ccc(NC(=O)c2cc(N)cc(Br)c2)cc1. The van der Waals surface area contributed by atoms with Crippen LogP contribution in [0.5, 0.6) is 0 Å². The van der Waals surface area contributed by atoms with E-state index in [1.54, 1.807) is 18.2 Å². The van der Waals surface area contributed by atoms with E-state index in [0.717, 1.165) is 16.6 Å². The summed E-state index contributed by atoms with van der Waals surface area (Å²) in [4.78, 5) is 12.1. The molecule has 0 aliphatic rings. The molecule has 0 radical (unpaired) electrons. The molecule has 2 aromatic rings. The Morgan fingerprint density at radius 1 is 1.21 bits per heavy atom. The van der Waals surface area contributed by atoms with Crippen molar-refractivity contribution in [1.82, 2.24) is 0 Å². The summed E-state index contributed by atoms with van der Waals surface area (Å²) in [6.07, 6.45) is 0.983. The van der Waals surface area contributed by atoms with Crippen molar-refractivity contribution in [1.29, 1.82) is 0 Å². The van der Waals surface area contributed by atoms with Gasteiger partial charge in [-0.15, -0.1) is 0 Å². The minimum atomic E-state index is -0.169. The van der Waals surface area contributed by atoms with Gasteiger partial charge in [0.15, 0.2) is 0 Å². The van der Waals surface area contributed by atoms with Gasteiger partial charge in [-0.2, -0.15) is 0 Å². The van der Waals surface area contributed by atoms with E-state index < -0.39 is 0 Å². The molecule has 98 valence electrons. The Balaban J connectivity index is 2.15. The summed E-state index contributed by atoms with van der Waals surface area (Å²) in [5.74, 6) is -0.169. The number of nitrogens with one attached hydrogen (secondary N) is 1. The third-order valence-electron chi connectivity index (χ3n) is 2.80. The van der Waals surface area contributed by atoms with Crippen LogP contribution in [0.2, 0.25) is 0 Å². The normalized spacial score (nSPS) is 10.2. The maximum absolute atomic E-state index is 12.1. The summed E-state index contributed by atoms with van der Waals surface area (Å²) in [6, 6.07) is 13.0. The maximum atomic E-state index is 12.1. The molecule has 19 heavy (non-hydrogen) atoms. The molecule has 4 heteroatoms. The summed E-state index contributed by atoms with van der Waals surface area (Å²) in [5.41, 5.74) is 8.83. The molecule has 3 nitrogen and oxygen atoms in total. The highest BCUT2D eigenvalue weighted by Gasteiger charge is 2.07. The molecule has 0 saturated carbocycles. The number of hydrogen-bond acceptors (Lipinski definition) is 2. The number of nitrogen functional groups attached to an aromatic ring is 1. The van der Waals surface area contributed by atoms with Gasteiger partial charge in [0.2, 0.25) is 0 Å². The first kappa shape index (κ1) is 13.6. The summed E-state index contributed by atoms with van der Waals surface area (Å²) in [7, 11) is 0. The number of benzene rings is 2. The number of hydrogen-bond donors (Lipinski definition) is 2. The van der Waals surface area contributed by atoms with Crippen molar-refractivity contribution in [3.8, 4) is 0 Å². The molecule has 0 aliphatic heterocycles. The van der Waals surface area contributed by atoms with Gasteiger partial charge in [-0.3, -0.25) is 4.79 Å². The summed E-state index contributed by atoms with van der Waals surface area (Å²) in [5, 5.41) is 2.85. The van der Waals surface area contributed by atoms with Crippen LogP contribution >= 0.6 is 15.9 Å². The van der Waals surface area contributed by atoms with Crippen molar-refractivity contribution < 1.29 is 4.79 Å². The van der Waals surface area contributed by atoms with Gasteiger partial charge in [-0.25, -0.2) is 0 Å². The average molecular weight is 319 g/mol. The first-order valence-corrected chi connectivity index (χ1v) is 6.84. The monoisotopic (exact) mass is 318 g/mol. The van der Waals surface area contributed by atoms with E-state index in [0.29, 0.717) is 11.3 Å². The molecule has 0 heterocycles. The molecule has 2 aromatic carbocycles. The molecule has 0 aromatic heterocycles. The number of aryl methyl sites for hydroxylation is 1. The van der Waals surface area contributed by atoms with E-state index in [1.807, 2.05) is 24.3 Å². The number of anilines is 2. The van der Waals surface area contributed by atoms with Crippen LogP contribution in [0.4, 0.5) is 11.4 Å². The van der Waals surface area contributed by atoms with Crippen LogP contribution in [-0.4, -0.2) is 5.91 Å². The zero-order chi connectivity index (χ0) is 13.8. The molecular weight excluding hydrogens is 304 g/mol. The van der Waals surface area contributed by atoms with Crippen LogP contribution in [0.1, 0.15) is 22.8 Å². The highest BCUT2D eigenvalue weighted by atomic mass is 79.9. The van der Waals surface area contributed by atoms with E-state index in [9.17, 15) is 4.79 Å². The van der Waals surface area contributed by atoms with E-state index in [-0.39, 0.29) is 5.91 Å². The van der Waals surface area contributed by atoms with Gasteiger partial charge >= 0.3 is 0 Å². The Morgan fingerprint density at radius 2 is 1.89 bits per heavy atom. The number of amides is 1. The standard InChI is InChI=1S/C15H15BrN2O/c1-2-10-3-5-14(6-4-10)18-15(19)11-7-12(16)9-13(17)8-11/h3-9H,2,17H2,1H3,(H,18,19). The fraction of sp³-hybridized carbons (Fsp3) is 0.133. The lowest BCUT2D eigenvalue weighted by Gasteiger charge is -2.07. The van der Waals surface area contributed by atoms with Crippen molar-refractivity contribution in [3.63, 3.8) is 0 Å². The molecule has 0 unspecified atom stereocenters. The van der Waals surface area contributed by atoms with Crippen LogP contribution in [0, 0.1) is 0 Å². The second kappa shape index (κ2) is 5.89. The molecular formula is C15H15BrN2O. The Morgan fingerprint density at radius 3 is 2.47 bits per heavy atom.